The van der Waals surface area contributed by atoms with Crippen LogP contribution in [0.15, 0.2) is 29.2 Å². The van der Waals surface area contributed by atoms with E-state index in [0.717, 1.165) is 25.2 Å². The van der Waals surface area contributed by atoms with E-state index in [-0.39, 0.29) is 11.5 Å². The summed E-state index contributed by atoms with van der Waals surface area (Å²) in [5.41, 5.74) is 1.03. The summed E-state index contributed by atoms with van der Waals surface area (Å²) in [6, 6.07) is 6.70. The van der Waals surface area contributed by atoms with E-state index in [9.17, 15) is 8.42 Å². The van der Waals surface area contributed by atoms with Crippen LogP contribution in [0.3, 0.4) is 0 Å². The van der Waals surface area contributed by atoms with E-state index < -0.39 is 10.1 Å². The zero-order chi connectivity index (χ0) is 14.3. The second kappa shape index (κ2) is 7.62. The van der Waals surface area contributed by atoms with E-state index in [2.05, 4.69) is 18.7 Å². The lowest BCUT2D eigenvalue weighted by molar-refractivity contribution is 0.252. The van der Waals surface area contributed by atoms with Gasteiger partial charge in [-0.1, -0.05) is 31.5 Å². The molecule has 0 aliphatic rings. The molecular weight excluding hydrogens is 262 g/mol. The van der Waals surface area contributed by atoms with Crippen LogP contribution in [0.5, 0.6) is 0 Å². The lowest BCUT2D eigenvalue weighted by atomic mass is 10.2. The molecule has 0 aromatic heterocycles. The summed E-state index contributed by atoms with van der Waals surface area (Å²) in [6.45, 7) is 9.13. The number of nitrogens with zero attached hydrogens (tertiary/aromatic N) is 1. The van der Waals surface area contributed by atoms with E-state index in [4.69, 9.17) is 4.18 Å². The topological polar surface area (TPSA) is 46.6 Å². The smallest absolute Gasteiger partial charge is 0.296 e. The van der Waals surface area contributed by atoms with Crippen molar-refractivity contribution in [1.82, 2.24) is 4.90 Å². The van der Waals surface area contributed by atoms with Crippen molar-refractivity contribution in [2.75, 3.05) is 26.2 Å². The van der Waals surface area contributed by atoms with E-state index >= 15 is 0 Å². The van der Waals surface area contributed by atoms with Crippen LogP contribution in [0.1, 0.15) is 25.8 Å². The molecule has 0 saturated carbocycles. The summed E-state index contributed by atoms with van der Waals surface area (Å²) >= 11 is 0. The molecule has 1 rings (SSSR count). The van der Waals surface area contributed by atoms with Crippen molar-refractivity contribution in [3.05, 3.63) is 29.8 Å². The minimum Gasteiger partial charge on any atom is -0.304 e. The molecule has 0 radical (unpaired) electrons. The van der Waals surface area contributed by atoms with Crippen LogP contribution in [-0.2, 0) is 14.3 Å². The van der Waals surface area contributed by atoms with Crippen molar-refractivity contribution >= 4 is 10.1 Å². The highest BCUT2D eigenvalue weighted by atomic mass is 32.2. The van der Waals surface area contributed by atoms with Crippen molar-refractivity contribution in [3.63, 3.8) is 0 Å². The highest BCUT2D eigenvalue weighted by Crippen LogP contribution is 2.13. The zero-order valence-electron chi connectivity index (χ0n) is 11.9. The maximum absolute atomic E-state index is 11.9. The second-order valence-corrected chi connectivity index (χ2v) is 6.08. The molecule has 0 unspecified atom stereocenters. The maximum atomic E-state index is 11.9. The molecular formula is C14H23NO3S. The van der Waals surface area contributed by atoms with Crippen LogP contribution in [0.25, 0.3) is 0 Å². The average Bonchev–Trinajstić information content (AvgIpc) is 2.39. The molecule has 5 heteroatoms. The van der Waals surface area contributed by atoms with Crippen LogP contribution in [0.4, 0.5) is 0 Å². The Bertz CT molecular complexity index is 464. The highest BCUT2D eigenvalue weighted by molar-refractivity contribution is 7.86. The van der Waals surface area contributed by atoms with E-state index in [0.29, 0.717) is 6.42 Å². The van der Waals surface area contributed by atoms with Gasteiger partial charge in [-0.25, -0.2) is 0 Å². The normalized spacial score (nSPS) is 12.0. The Balaban J connectivity index is 2.45. The Kier molecular flexibility index (Phi) is 6.48. The summed E-state index contributed by atoms with van der Waals surface area (Å²) in [6.07, 6.45) is 0.715. The minimum absolute atomic E-state index is 0.223. The third-order valence-electron chi connectivity index (χ3n) is 3.06. The van der Waals surface area contributed by atoms with Crippen LogP contribution in [0.2, 0.25) is 0 Å². The summed E-state index contributed by atoms with van der Waals surface area (Å²) in [5, 5.41) is 0. The van der Waals surface area contributed by atoms with Gasteiger partial charge in [-0.2, -0.15) is 8.42 Å². The van der Waals surface area contributed by atoms with Crippen LogP contribution < -0.4 is 0 Å². The fourth-order valence-electron chi connectivity index (χ4n) is 1.77. The fraction of sp³-hybridized carbons (Fsp3) is 0.571. The van der Waals surface area contributed by atoms with Gasteiger partial charge in [-0.05, 0) is 38.6 Å². The molecule has 0 aliphatic carbocycles. The molecule has 19 heavy (non-hydrogen) atoms. The van der Waals surface area contributed by atoms with Crippen molar-refractivity contribution < 1.29 is 12.6 Å². The first-order chi connectivity index (χ1) is 8.99. The molecule has 0 fully saturated rings. The molecule has 0 N–H and O–H groups in total. The largest absolute Gasteiger partial charge is 0.304 e. The van der Waals surface area contributed by atoms with Crippen LogP contribution in [0, 0.1) is 6.92 Å². The van der Waals surface area contributed by atoms with Crippen LogP contribution >= 0.6 is 0 Å². The first-order valence-electron chi connectivity index (χ1n) is 6.68. The molecule has 0 atom stereocenters. The van der Waals surface area contributed by atoms with Gasteiger partial charge in [0.2, 0.25) is 0 Å². The molecule has 0 aliphatic heterocycles. The van der Waals surface area contributed by atoms with E-state index in [1.54, 1.807) is 24.3 Å². The molecule has 0 bridgehead atoms. The lowest BCUT2D eigenvalue weighted by Crippen LogP contribution is -2.25. The van der Waals surface area contributed by atoms with Gasteiger partial charge in [0.25, 0.3) is 10.1 Å². The van der Waals surface area contributed by atoms with Crippen LogP contribution in [-0.4, -0.2) is 39.6 Å². The minimum atomic E-state index is -3.61. The number of rotatable bonds is 8. The summed E-state index contributed by atoms with van der Waals surface area (Å²) in [4.78, 5) is 2.46. The maximum Gasteiger partial charge on any atom is 0.296 e. The Morgan fingerprint density at radius 2 is 1.68 bits per heavy atom. The molecule has 0 saturated heterocycles. The van der Waals surface area contributed by atoms with Gasteiger partial charge in [-0.3, -0.25) is 4.18 Å². The SMILES string of the molecule is CCN(CC)CCCOS(=O)(=O)c1ccc(C)cc1. The van der Waals surface area contributed by atoms with Gasteiger partial charge < -0.3 is 4.90 Å². The number of hydrogen-bond acceptors (Lipinski definition) is 4. The first kappa shape index (κ1) is 16.1. The zero-order valence-corrected chi connectivity index (χ0v) is 12.7. The predicted molar refractivity (Wildman–Crippen MR) is 76.7 cm³/mol. The van der Waals surface area contributed by atoms with Crippen molar-refractivity contribution in [1.29, 1.82) is 0 Å². The number of benzene rings is 1. The molecule has 1 aromatic carbocycles. The van der Waals surface area contributed by atoms with Crippen molar-refractivity contribution in [2.24, 2.45) is 0 Å². The van der Waals surface area contributed by atoms with Gasteiger partial charge >= 0.3 is 0 Å². The average molecular weight is 285 g/mol. The molecule has 4 nitrogen and oxygen atoms in total. The second-order valence-electron chi connectivity index (χ2n) is 4.47. The Morgan fingerprint density at radius 1 is 1.11 bits per heavy atom. The number of aryl methyl sites for hydroxylation is 1. The highest BCUT2D eigenvalue weighted by Gasteiger charge is 2.14. The van der Waals surface area contributed by atoms with Gasteiger partial charge in [0.05, 0.1) is 11.5 Å². The van der Waals surface area contributed by atoms with Gasteiger partial charge in [0, 0.05) is 6.54 Å². The molecule has 108 valence electrons. The first-order valence-corrected chi connectivity index (χ1v) is 8.09. The van der Waals surface area contributed by atoms with Gasteiger partial charge in [-0.15, -0.1) is 0 Å². The number of hydrogen-bond donors (Lipinski definition) is 0. The van der Waals surface area contributed by atoms with Gasteiger partial charge in [0.1, 0.15) is 0 Å². The summed E-state index contributed by atoms with van der Waals surface area (Å²) in [5.74, 6) is 0. The molecule has 1 aromatic rings. The Hall–Kier alpha value is -0.910. The Morgan fingerprint density at radius 3 is 2.21 bits per heavy atom. The molecule has 0 heterocycles. The third kappa shape index (κ3) is 5.30. The lowest BCUT2D eigenvalue weighted by Gasteiger charge is -2.17. The van der Waals surface area contributed by atoms with E-state index in [1.807, 2.05) is 6.92 Å². The molecule has 0 spiro atoms. The standard InChI is InChI=1S/C14H23NO3S/c1-4-15(5-2)11-6-12-18-19(16,17)14-9-7-13(3)8-10-14/h7-10H,4-6,11-12H2,1-3H3. The summed E-state index contributed by atoms with van der Waals surface area (Å²) in [7, 11) is -3.61. The van der Waals surface area contributed by atoms with E-state index in [1.165, 1.54) is 0 Å². The molecule has 0 amide bonds. The van der Waals surface area contributed by atoms with Crippen molar-refractivity contribution in [3.8, 4) is 0 Å². The third-order valence-corrected chi connectivity index (χ3v) is 4.39. The predicted octanol–water partition coefficient (Wildman–Crippen LogP) is 2.43. The quantitative estimate of drug-likeness (QED) is 0.543. The summed E-state index contributed by atoms with van der Waals surface area (Å²) < 4.78 is 28.8. The monoisotopic (exact) mass is 285 g/mol. The van der Waals surface area contributed by atoms with Gasteiger partial charge in [0.15, 0.2) is 0 Å². The fourth-order valence-corrected chi connectivity index (χ4v) is 2.71. The van der Waals surface area contributed by atoms with Crippen molar-refractivity contribution in [2.45, 2.75) is 32.1 Å². The Labute approximate surface area is 116 Å².